The Bertz CT molecular complexity index is 1420. The molecule has 0 aliphatic heterocycles. The average molecular weight is 659 g/mol. The predicted octanol–water partition coefficient (Wildman–Crippen LogP) is 6.36. The Labute approximate surface area is 284 Å². The molecule has 256 valence electrons. The highest BCUT2D eigenvalue weighted by Gasteiger charge is 2.08. The summed E-state index contributed by atoms with van der Waals surface area (Å²) >= 11 is 0. The molecule has 3 aromatic carbocycles. The molecule has 48 heavy (non-hydrogen) atoms. The van der Waals surface area contributed by atoms with Crippen LogP contribution in [0.1, 0.15) is 68.1 Å². The van der Waals surface area contributed by atoms with Crippen LogP contribution in [0.4, 0.5) is 0 Å². The van der Waals surface area contributed by atoms with E-state index in [0.29, 0.717) is 51.1 Å². The van der Waals surface area contributed by atoms with Gasteiger partial charge in [0.05, 0.1) is 32.0 Å². The van der Waals surface area contributed by atoms with E-state index in [4.69, 9.17) is 33.8 Å². The molecule has 0 radical (unpaired) electrons. The van der Waals surface area contributed by atoms with Crippen molar-refractivity contribution in [3.8, 4) is 23.0 Å². The number of carbonyl (C=O) groups excluding carboxylic acids is 2. The van der Waals surface area contributed by atoms with Crippen molar-refractivity contribution in [2.45, 2.75) is 64.6 Å². The van der Waals surface area contributed by atoms with Crippen LogP contribution in [0.3, 0.4) is 0 Å². The minimum Gasteiger partial charge on any atom is -0.494 e. The van der Waals surface area contributed by atoms with Gasteiger partial charge < -0.3 is 28.4 Å². The Balaban J connectivity index is 1.31. The predicted molar refractivity (Wildman–Crippen MR) is 185 cm³/mol. The quantitative estimate of drug-likeness (QED) is 0.0484. The molecule has 0 aromatic heterocycles. The van der Waals surface area contributed by atoms with E-state index in [1.54, 1.807) is 0 Å². The summed E-state index contributed by atoms with van der Waals surface area (Å²) in [5.74, 6) is 2.24. The molecule has 2 N–H and O–H groups in total. The van der Waals surface area contributed by atoms with Gasteiger partial charge in [0.25, 0.3) is 0 Å². The standard InChI is InChI=1S/C39H47NO8/c1-3-38(41)45-25-11-7-5-9-23-43-34-17-13-31(14-18-34)29-47-36-21-22-37(33(27-36)28-40)48-30-32-15-19-35(20-16-32)44-24-10-6-8-12-26-46-39(42)4-2/h3-4,13-22,27-28,40H,1-2,5-12,23-26,29-30H2/p+1. The third-order valence-electron chi connectivity index (χ3n) is 7.24. The molecule has 9 nitrogen and oxygen atoms in total. The molecule has 0 saturated carbocycles. The highest BCUT2D eigenvalue weighted by atomic mass is 16.5. The molecule has 0 amide bonds. The zero-order valence-corrected chi connectivity index (χ0v) is 27.7. The molecule has 0 unspecified atom stereocenters. The summed E-state index contributed by atoms with van der Waals surface area (Å²) in [4.78, 5) is 22.0. The van der Waals surface area contributed by atoms with Crippen molar-refractivity contribution >= 4 is 18.2 Å². The lowest BCUT2D eigenvalue weighted by molar-refractivity contribution is -0.138. The number of hydrogen-bond acceptors (Lipinski definition) is 8. The maximum atomic E-state index is 11.0. The van der Waals surface area contributed by atoms with Crippen LogP contribution in [0.15, 0.2) is 92.0 Å². The van der Waals surface area contributed by atoms with Crippen molar-refractivity contribution in [3.05, 3.63) is 109 Å². The summed E-state index contributed by atoms with van der Waals surface area (Å²) in [5, 5.41) is 5.90. The molecule has 0 fully saturated rings. The third kappa shape index (κ3) is 15.0. The van der Waals surface area contributed by atoms with Gasteiger partial charge in [-0.15, -0.1) is 0 Å². The number of nitrogens with two attached hydrogens (primary N) is 1. The Hall–Kier alpha value is -5.05. The van der Waals surface area contributed by atoms with E-state index in [-0.39, 0.29) is 11.9 Å². The first kappa shape index (κ1) is 37.4. The van der Waals surface area contributed by atoms with Crippen LogP contribution in [0.25, 0.3) is 0 Å². The topological polar surface area (TPSA) is 115 Å². The van der Waals surface area contributed by atoms with E-state index in [1.165, 1.54) is 18.4 Å². The Morgan fingerprint density at radius 3 is 1.44 bits per heavy atom. The molecule has 3 rings (SSSR count). The molecule has 0 saturated heterocycles. The normalized spacial score (nSPS) is 10.4. The van der Waals surface area contributed by atoms with Gasteiger partial charge in [0.15, 0.2) is 6.21 Å². The molecule has 0 aliphatic rings. The van der Waals surface area contributed by atoms with Crippen LogP contribution >= 0.6 is 0 Å². The molecule has 0 spiro atoms. The van der Waals surface area contributed by atoms with Gasteiger partial charge in [-0.3, -0.25) is 5.41 Å². The van der Waals surface area contributed by atoms with Crippen molar-refractivity contribution in [1.29, 1.82) is 0 Å². The van der Waals surface area contributed by atoms with Crippen LogP contribution in [-0.4, -0.2) is 44.6 Å². The molecule has 9 heteroatoms. The first-order chi connectivity index (χ1) is 23.5. The van der Waals surface area contributed by atoms with Gasteiger partial charge >= 0.3 is 11.9 Å². The molecule has 0 heterocycles. The van der Waals surface area contributed by atoms with Gasteiger partial charge in [0.2, 0.25) is 0 Å². The molecule has 3 aromatic rings. The van der Waals surface area contributed by atoms with E-state index in [2.05, 4.69) is 13.2 Å². The Morgan fingerprint density at radius 1 is 0.542 bits per heavy atom. The molecule has 0 aliphatic carbocycles. The van der Waals surface area contributed by atoms with E-state index < -0.39 is 0 Å². The SMILES string of the molecule is C=CC(=O)OCCCCCCOc1ccc(COc2ccc(OCc3ccc(OCCCCCCOC(=O)C=C)cc3)c(C=[NH2+])c2)cc1. The second kappa shape index (κ2) is 22.5. The van der Waals surface area contributed by atoms with Crippen molar-refractivity contribution in [2.75, 3.05) is 26.4 Å². The lowest BCUT2D eigenvalue weighted by atomic mass is 10.2. The highest BCUT2D eigenvalue weighted by Crippen LogP contribution is 2.25. The highest BCUT2D eigenvalue weighted by molar-refractivity contribution is 5.81. The summed E-state index contributed by atoms with van der Waals surface area (Å²) in [6.07, 6.45) is 11.4. The Kier molecular flexibility index (Phi) is 17.5. The largest absolute Gasteiger partial charge is 0.494 e. The zero-order chi connectivity index (χ0) is 34.2. The van der Waals surface area contributed by atoms with Crippen molar-refractivity contribution in [3.63, 3.8) is 0 Å². The van der Waals surface area contributed by atoms with Gasteiger partial charge in [0.1, 0.15) is 36.2 Å². The van der Waals surface area contributed by atoms with Gasteiger partial charge in [-0.2, -0.15) is 0 Å². The maximum Gasteiger partial charge on any atom is 0.330 e. The number of benzene rings is 3. The number of rotatable bonds is 25. The van der Waals surface area contributed by atoms with Gasteiger partial charge in [-0.1, -0.05) is 37.4 Å². The summed E-state index contributed by atoms with van der Waals surface area (Å²) in [6, 6.07) is 21.3. The third-order valence-corrected chi connectivity index (χ3v) is 7.24. The molecule has 0 bridgehead atoms. The minimum atomic E-state index is -0.377. The maximum absolute atomic E-state index is 11.0. The van der Waals surface area contributed by atoms with Crippen molar-refractivity contribution in [2.24, 2.45) is 0 Å². The van der Waals surface area contributed by atoms with Crippen LogP contribution in [-0.2, 0) is 32.3 Å². The fraction of sp³-hybridized carbons (Fsp3) is 0.359. The molecular formula is C39H48NO8+. The second-order valence-corrected chi connectivity index (χ2v) is 11.0. The number of hydrogen-bond donors (Lipinski definition) is 1. The zero-order valence-electron chi connectivity index (χ0n) is 27.7. The Morgan fingerprint density at radius 2 is 0.979 bits per heavy atom. The number of esters is 2. The lowest BCUT2D eigenvalue weighted by Crippen LogP contribution is -2.30. The van der Waals surface area contributed by atoms with Crippen molar-refractivity contribution in [1.82, 2.24) is 0 Å². The van der Waals surface area contributed by atoms with Crippen LogP contribution in [0.5, 0.6) is 23.0 Å². The molecule has 0 atom stereocenters. The van der Waals surface area contributed by atoms with E-state index >= 15 is 0 Å². The number of ether oxygens (including phenoxy) is 6. The summed E-state index contributed by atoms with van der Waals surface area (Å²) in [6.45, 7) is 9.67. The van der Waals surface area contributed by atoms with Crippen LogP contribution < -0.4 is 24.4 Å². The monoisotopic (exact) mass is 658 g/mol. The smallest absolute Gasteiger partial charge is 0.330 e. The van der Waals surface area contributed by atoms with Gasteiger partial charge in [0, 0.05) is 12.2 Å². The van der Waals surface area contributed by atoms with Crippen molar-refractivity contribution < 1.29 is 43.4 Å². The average Bonchev–Trinajstić information content (AvgIpc) is 3.12. The van der Waals surface area contributed by atoms with E-state index in [1.807, 2.05) is 66.7 Å². The van der Waals surface area contributed by atoms with Crippen LogP contribution in [0, 0.1) is 0 Å². The summed E-state index contributed by atoms with van der Waals surface area (Å²) < 4.78 is 33.7. The van der Waals surface area contributed by atoms with Crippen LogP contribution in [0.2, 0.25) is 0 Å². The first-order valence-corrected chi connectivity index (χ1v) is 16.5. The number of carbonyl (C=O) groups is 2. The fourth-order valence-corrected chi connectivity index (χ4v) is 4.53. The van der Waals surface area contributed by atoms with Gasteiger partial charge in [-0.05, 0) is 105 Å². The lowest BCUT2D eigenvalue weighted by Gasteiger charge is -2.12. The number of unbranched alkanes of at least 4 members (excludes halogenated alkanes) is 6. The van der Waals surface area contributed by atoms with Gasteiger partial charge in [-0.25, -0.2) is 9.59 Å². The van der Waals surface area contributed by atoms with E-state index in [9.17, 15) is 9.59 Å². The summed E-state index contributed by atoms with van der Waals surface area (Å²) in [5.41, 5.74) is 2.77. The first-order valence-electron chi connectivity index (χ1n) is 16.5. The molecular weight excluding hydrogens is 610 g/mol. The summed E-state index contributed by atoms with van der Waals surface area (Å²) in [7, 11) is 0. The van der Waals surface area contributed by atoms with E-state index in [0.717, 1.165) is 79.6 Å². The minimum absolute atomic E-state index is 0.376. The second-order valence-electron chi connectivity index (χ2n) is 11.0. The fourth-order valence-electron chi connectivity index (χ4n) is 4.53.